The summed E-state index contributed by atoms with van der Waals surface area (Å²) < 4.78 is 0. The maximum Gasteiger partial charge on any atom is 0.400 e. The van der Waals surface area contributed by atoms with Crippen molar-refractivity contribution in [1.29, 1.82) is 0 Å². The molecule has 0 radical (unpaired) electrons. The molecule has 0 N–H and O–H groups in total. The second-order valence-corrected chi connectivity index (χ2v) is 1.01. The van der Waals surface area contributed by atoms with Crippen LogP contribution in [0.25, 0.3) is 0 Å². The van der Waals surface area contributed by atoms with Gasteiger partial charge in [-0.3, -0.25) is 0 Å². The largest absolute Gasteiger partial charge is 0.739 e. The average Bonchev–Trinajstić information content (AvgIpc) is 1.87. The van der Waals surface area contributed by atoms with E-state index in [9.17, 15) is 20.8 Å². The van der Waals surface area contributed by atoms with Crippen molar-refractivity contribution in [2.75, 3.05) is 6.67 Å². The fourth-order valence-corrected chi connectivity index (χ4v) is 0.155. The highest BCUT2D eigenvalue weighted by molar-refractivity contribution is 4.15. The van der Waals surface area contributed by atoms with Gasteiger partial charge >= 0.3 is 6.67 Å². The van der Waals surface area contributed by atoms with E-state index in [-0.39, 0.29) is 7.43 Å². The Kier molecular flexibility index (Phi) is 6.01. The van der Waals surface area contributed by atoms with Crippen LogP contribution in [0, 0.1) is 28.3 Å². The van der Waals surface area contributed by atoms with Gasteiger partial charge in [-0.2, -0.15) is 0 Å². The second kappa shape index (κ2) is 5.41. The maximum absolute atomic E-state index is 9.78. The topological polar surface area (TPSA) is 123 Å². The summed E-state index contributed by atoms with van der Waals surface area (Å²) in [6.07, 6.45) is 0. The molecule has 0 saturated heterocycles. The summed E-state index contributed by atoms with van der Waals surface area (Å²) in [5.74, 6) is 0. The minimum absolute atomic E-state index is 0. The summed E-state index contributed by atoms with van der Waals surface area (Å²) >= 11 is 0. The molecule has 58 valence electrons. The van der Waals surface area contributed by atoms with Crippen molar-refractivity contribution in [2.24, 2.45) is 10.6 Å². The molecule has 0 bridgehead atoms. The number of rotatable bonds is 2. The van der Waals surface area contributed by atoms with Gasteiger partial charge in [0, 0.05) is 7.43 Å². The highest BCUT2D eigenvalue weighted by atomic mass is 16.6. The zero-order valence-corrected chi connectivity index (χ0v) is 5.13. The summed E-state index contributed by atoms with van der Waals surface area (Å²) in [5, 5.41) is 41.5. The molecule has 0 spiro atoms. The lowest BCUT2D eigenvalue weighted by molar-refractivity contribution is -0.729. The molecule has 0 aromatic heterocycles. The van der Waals surface area contributed by atoms with Crippen LogP contribution in [0.3, 0.4) is 0 Å². The molecule has 0 saturated carbocycles. The molecule has 0 aliphatic rings. The zero-order valence-electron chi connectivity index (χ0n) is 5.13. The molecule has 0 aromatic rings. The summed E-state index contributed by atoms with van der Waals surface area (Å²) in [6.45, 7) is -0.993. The van der Waals surface area contributed by atoms with Crippen LogP contribution in [-0.4, -0.2) is 16.4 Å². The molecule has 0 heterocycles. The third-order valence-electron chi connectivity index (χ3n) is 0.424. The number of hydroxylamine groups is 2. The highest BCUT2D eigenvalue weighted by Crippen LogP contribution is 1.76. The Morgan fingerprint density at radius 2 is 1.30 bits per heavy atom. The van der Waals surface area contributed by atoms with Crippen molar-refractivity contribution in [1.82, 2.24) is 0 Å². The molecule has 0 unspecified atom stereocenters. The minimum atomic E-state index is -0.993. The van der Waals surface area contributed by atoms with E-state index in [1.165, 1.54) is 0 Å². The Bertz CT molecular complexity index is 126. The van der Waals surface area contributed by atoms with Crippen molar-refractivity contribution in [3.63, 3.8) is 0 Å². The zero-order chi connectivity index (χ0) is 7.28. The van der Waals surface area contributed by atoms with Crippen LogP contribution >= 0.6 is 0 Å². The van der Waals surface area contributed by atoms with Gasteiger partial charge in [-0.1, -0.05) is 0 Å². The van der Waals surface area contributed by atoms with Crippen molar-refractivity contribution in [3.05, 3.63) is 28.3 Å². The van der Waals surface area contributed by atoms with Gasteiger partial charge in [-0.05, 0) is 20.3 Å². The predicted octanol–water partition coefficient (Wildman–Crippen LogP) is 0.315. The van der Waals surface area contributed by atoms with Gasteiger partial charge in [-0.25, -0.2) is 0 Å². The molecule has 8 nitrogen and oxygen atoms in total. The average molecular weight is 149 g/mol. The highest BCUT2D eigenvalue weighted by Gasteiger charge is 1.96. The molecule has 10 heavy (non-hydrogen) atoms. The molecule has 0 aliphatic carbocycles. The standard InChI is InChI=1S/CH4N4O4.CH3/c6-2-4(8)1-5(9)3-7;/h6-7H,1H2;1H3/q;+1/p-2/b4-2-,5-3+;. The van der Waals surface area contributed by atoms with Crippen LogP contribution in [0.15, 0.2) is 10.6 Å². The minimum Gasteiger partial charge on any atom is -0.739 e. The summed E-state index contributed by atoms with van der Waals surface area (Å²) in [6, 6.07) is 0. The van der Waals surface area contributed by atoms with E-state index >= 15 is 0 Å². The number of hydrogen-bond donors (Lipinski definition) is 0. The Morgan fingerprint density at radius 1 is 1.00 bits per heavy atom. The van der Waals surface area contributed by atoms with E-state index in [1.807, 2.05) is 0 Å². The first-order valence-electron chi connectivity index (χ1n) is 1.76. The molecule has 0 rings (SSSR count). The first kappa shape index (κ1) is 11.1. The van der Waals surface area contributed by atoms with E-state index in [0.717, 1.165) is 0 Å². The Hall–Kier alpha value is -1.73. The molecule has 8 heteroatoms. The first-order valence-corrected chi connectivity index (χ1v) is 1.76. The van der Waals surface area contributed by atoms with Gasteiger partial charge < -0.3 is 20.8 Å². The van der Waals surface area contributed by atoms with E-state index in [4.69, 9.17) is 0 Å². The van der Waals surface area contributed by atoms with Gasteiger partial charge in [0.2, 0.25) is 0 Å². The van der Waals surface area contributed by atoms with E-state index < -0.39 is 16.4 Å². The first-order chi connectivity index (χ1) is 4.20. The van der Waals surface area contributed by atoms with Crippen molar-refractivity contribution in [2.45, 2.75) is 0 Å². The van der Waals surface area contributed by atoms with Crippen LogP contribution in [0.4, 0.5) is 0 Å². The lowest BCUT2D eigenvalue weighted by Gasteiger charge is -2.00. The lowest BCUT2D eigenvalue weighted by atomic mass is 11.2. The Balaban J connectivity index is 0. The smallest absolute Gasteiger partial charge is 0.400 e. The van der Waals surface area contributed by atoms with Crippen molar-refractivity contribution >= 4 is 0 Å². The van der Waals surface area contributed by atoms with Crippen LogP contribution in [-0.2, 0) is 0 Å². The SMILES string of the molecule is [CH3+].[O-]/N=[N+](\[O-])C/[N+]([O-])=N\[O-]. The molecule has 0 amide bonds. The third-order valence-corrected chi connectivity index (χ3v) is 0.424. The molecule has 0 atom stereocenters. The molecule has 0 aromatic carbocycles. The quantitative estimate of drug-likeness (QED) is 0.184. The van der Waals surface area contributed by atoms with Crippen molar-refractivity contribution < 1.29 is 9.72 Å². The third kappa shape index (κ3) is 4.43. The van der Waals surface area contributed by atoms with Gasteiger partial charge in [0.05, 0.1) is 0 Å². The van der Waals surface area contributed by atoms with Crippen LogP contribution in [0.5, 0.6) is 0 Å². The van der Waals surface area contributed by atoms with E-state index in [0.29, 0.717) is 0 Å². The second-order valence-electron chi connectivity index (χ2n) is 1.01. The van der Waals surface area contributed by atoms with Crippen LogP contribution < -0.4 is 0 Å². The number of hydrogen-bond acceptors (Lipinski definition) is 6. The molecule has 0 aliphatic heterocycles. The lowest BCUT2D eigenvalue weighted by Crippen LogP contribution is -2.12. The molecule has 0 fully saturated rings. The maximum atomic E-state index is 9.78. The molecular weight excluding hydrogens is 144 g/mol. The van der Waals surface area contributed by atoms with Crippen LogP contribution in [0.1, 0.15) is 0 Å². The van der Waals surface area contributed by atoms with Gasteiger partial charge in [0.1, 0.15) is 0 Å². The Labute approximate surface area is 56.4 Å². The monoisotopic (exact) mass is 149 g/mol. The van der Waals surface area contributed by atoms with E-state index in [1.54, 1.807) is 10.6 Å². The Morgan fingerprint density at radius 3 is 1.50 bits per heavy atom. The van der Waals surface area contributed by atoms with Crippen molar-refractivity contribution in [3.8, 4) is 0 Å². The fraction of sp³-hybridized carbons (Fsp3) is 0.500. The normalized spacial score (nSPS) is 12.4. The number of nitrogens with zero attached hydrogens (tertiary/aromatic N) is 4. The summed E-state index contributed by atoms with van der Waals surface area (Å²) in [7, 11) is 0. The fourth-order valence-electron chi connectivity index (χ4n) is 0.155. The summed E-state index contributed by atoms with van der Waals surface area (Å²) in [5.41, 5.74) is 0. The van der Waals surface area contributed by atoms with Gasteiger partial charge in [0.25, 0.3) is 0 Å². The summed E-state index contributed by atoms with van der Waals surface area (Å²) in [4.78, 5) is -1.01. The van der Waals surface area contributed by atoms with Crippen LogP contribution in [0.2, 0.25) is 0 Å². The van der Waals surface area contributed by atoms with Gasteiger partial charge in [0.15, 0.2) is 0 Å². The van der Waals surface area contributed by atoms with E-state index in [2.05, 4.69) is 0 Å². The predicted molar refractivity (Wildman–Crippen MR) is 30.1 cm³/mol. The van der Waals surface area contributed by atoms with Gasteiger partial charge in [-0.15, -0.1) is 0 Å². The molecular formula is C2H5N4O4-.